The average molecular weight is 550 g/mol. The molecule has 1 atom stereocenters. The number of nitrogens with one attached hydrogen (secondary N) is 1. The summed E-state index contributed by atoms with van der Waals surface area (Å²) in [4.78, 5) is 28.4. The highest BCUT2D eigenvalue weighted by Crippen LogP contribution is 2.35. The molecule has 0 aliphatic carbocycles. The Morgan fingerprint density at radius 1 is 0.850 bits per heavy atom. The van der Waals surface area contributed by atoms with Gasteiger partial charge < -0.3 is 14.0 Å². The van der Waals surface area contributed by atoms with Crippen molar-refractivity contribution in [2.45, 2.75) is 24.7 Å². The number of carbonyl (C=O) groups excluding carboxylic acids is 2. The molecule has 0 saturated carbocycles. The second-order valence-electron chi connectivity index (χ2n) is 9.91. The molecule has 5 aromatic rings. The van der Waals surface area contributed by atoms with E-state index in [1.165, 1.54) is 5.56 Å². The van der Waals surface area contributed by atoms with Gasteiger partial charge in [-0.15, -0.1) is 0 Å². The molecule has 200 valence electrons. The minimum Gasteiger partial charge on any atom is -0.486 e. The highest BCUT2D eigenvalue weighted by atomic mass is 32.2. The number of aryl methyl sites for hydroxylation is 1. The number of fused-ring (bicyclic) bond motifs is 1. The van der Waals surface area contributed by atoms with E-state index in [1.54, 1.807) is 6.92 Å². The maximum Gasteiger partial charge on any atom is 0.286 e. The number of hydrogen-bond acceptors (Lipinski definition) is 6. The number of carbonyl (C=O) groups is 2. The Morgan fingerprint density at radius 2 is 1.52 bits per heavy atom. The summed E-state index contributed by atoms with van der Waals surface area (Å²) in [5, 5.41) is 2.06. The number of aromatic nitrogens is 2. The van der Waals surface area contributed by atoms with Gasteiger partial charge in [-0.3, -0.25) is 14.9 Å². The van der Waals surface area contributed by atoms with Crippen LogP contribution in [0.2, 0.25) is 0 Å². The van der Waals surface area contributed by atoms with Crippen molar-refractivity contribution in [2.75, 3.05) is 0 Å². The van der Waals surface area contributed by atoms with E-state index in [2.05, 4.69) is 29.6 Å². The summed E-state index contributed by atoms with van der Waals surface area (Å²) >= 11 is 1.04. The predicted octanol–water partition coefficient (Wildman–Crippen LogP) is 6.90. The van der Waals surface area contributed by atoms with E-state index >= 15 is 0 Å². The van der Waals surface area contributed by atoms with Crippen molar-refractivity contribution in [2.24, 2.45) is 7.05 Å². The zero-order valence-corrected chi connectivity index (χ0v) is 22.9. The van der Waals surface area contributed by atoms with Crippen molar-refractivity contribution >= 4 is 33.9 Å². The third-order valence-electron chi connectivity index (χ3n) is 6.99. The van der Waals surface area contributed by atoms with Gasteiger partial charge in [-0.05, 0) is 78.2 Å². The number of imide groups is 1. The molecule has 0 spiro atoms. The van der Waals surface area contributed by atoms with E-state index in [-0.39, 0.29) is 11.1 Å². The fourth-order valence-corrected chi connectivity index (χ4v) is 5.69. The fourth-order valence-electron chi connectivity index (χ4n) is 4.75. The van der Waals surface area contributed by atoms with E-state index in [4.69, 9.17) is 14.5 Å². The second-order valence-corrected chi connectivity index (χ2v) is 11.4. The number of hydrogen-bond donors (Lipinski definition) is 1. The fraction of sp³-hybridized carbons (Fsp3) is 0.156. The number of benzene rings is 4. The minimum absolute atomic E-state index is 0.251. The molecule has 7 nitrogen and oxygen atoms in total. The van der Waals surface area contributed by atoms with Crippen LogP contribution >= 0.6 is 11.8 Å². The predicted molar refractivity (Wildman–Crippen MR) is 157 cm³/mol. The van der Waals surface area contributed by atoms with Crippen molar-refractivity contribution in [3.63, 3.8) is 0 Å². The molecular formula is C32H27N3O4S. The first-order valence-electron chi connectivity index (χ1n) is 12.9. The number of thioether (sulfide) groups is 1. The normalized spacial score (nSPS) is 16.8. The molecule has 1 aliphatic heterocycles. The van der Waals surface area contributed by atoms with Crippen LogP contribution in [0.1, 0.15) is 18.3 Å². The van der Waals surface area contributed by atoms with Gasteiger partial charge in [0, 0.05) is 13.1 Å². The third kappa shape index (κ3) is 5.31. The maximum absolute atomic E-state index is 12.1. The Labute approximate surface area is 236 Å². The lowest BCUT2D eigenvalue weighted by atomic mass is 9.99. The molecule has 1 aromatic heterocycles. The van der Waals surface area contributed by atoms with Gasteiger partial charge in [-0.2, -0.15) is 0 Å². The molecule has 6 rings (SSSR count). The lowest BCUT2D eigenvalue weighted by molar-refractivity contribution is -0.121. The Kier molecular flexibility index (Phi) is 6.77. The van der Waals surface area contributed by atoms with Gasteiger partial charge >= 0.3 is 0 Å². The molecule has 4 aromatic carbocycles. The van der Waals surface area contributed by atoms with E-state index in [0.717, 1.165) is 51.2 Å². The molecule has 8 heteroatoms. The molecule has 2 heterocycles. The Bertz CT molecular complexity index is 1700. The van der Waals surface area contributed by atoms with Crippen LogP contribution < -0.4 is 14.8 Å². The molecule has 0 bridgehead atoms. The highest BCUT2D eigenvalue weighted by molar-refractivity contribution is 8.16. The smallest absolute Gasteiger partial charge is 0.286 e. The lowest BCUT2D eigenvalue weighted by Crippen LogP contribution is -2.35. The van der Waals surface area contributed by atoms with Gasteiger partial charge in [0.2, 0.25) is 5.91 Å². The number of nitrogens with zero attached hydrogens (tertiary/aromatic N) is 2. The molecule has 1 aliphatic rings. The van der Waals surface area contributed by atoms with Crippen LogP contribution in [0, 0.1) is 0 Å². The molecule has 1 N–H and O–H groups in total. The van der Waals surface area contributed by atoms with E-state index in [0.29, 0.717) is 18.8 Å². The molecule has 2 amide bonds. The first-order chi connectivity index (χ1) is 19.4. The largest absolute Gasteiger partial charge is 0.486 e. The van der Waals surface area contributed by atoms with Crippen molar-refractivity contribution < 1.29 is 19.1 Å². The van der Waals surface area contributed by atoms with Crippen LogP contribution in [-0.2, 0) is 24.9 Å². The summed E-state index contributed by atoms with van der Waals surface area (Å²) < 4.78 is 13.4. The average Bonchev–Trinajstić information content (AvgIpc) is 3.41. The van der Waals surface area contributed by atoms with Crippen LogP contribution in [0.5, 0.6) is 17.2 Å². The van der Waals surface area contributed by atoms with Gasteiger partial charge in [0.25, 0.3) is 5.24 Å². The van der Waals surface area contributed by atoms with Crippen LogP contribution in [0.25, 0.3) is 22.2 Å². The monoisotopic (exact) mass is 549 g/mol. The third-order valence-corrected chi connectivity index (χ3v) is 8.06. The number of imidazole rings is 1. The highest BCUT2D eigenvalue weighted by Gasteiger charge is 2.43. The first kappa shape index (κ1) is 25.7. The van der Waals surface area contributed by atoms with Crippen LogP contribution in [0.4, 0.5) is 4.79 Å². The summed E-state index contributed by atoms with van der Waals surface area (Å²) in [7, 11) is 1.96. The van der Waals surface area contributed by atoms with Crippen LogP contribution in [0.15, 0.2) is 97.1 Å². The van der Waals surface area contributed by atoms with Crippen molar-refractivity contribution in [1.82, 2.24) is 14.9 Å². The number of amides is 2. The summed E-state index contributed by atoms with van der Waals surface area (Å²) in [6, 6.07) is 31.7. The van der Waals surface area contributed by atoms with Gasteiger partial charge in [0.15, 0.2) is 0 Å². The van der Waals surface area contributed by atoms with E-state index in [9.17, 15) is 9.59 Å². The van der Waals surface area contributed by atoms with E-state index < -0.39 is 4.75 Å². The molecular weight excluding hydrogens is 522 g/mol. The van der Waals surface area contributed by atoms with Gasteiger partial charge in [0.1, 0.15) is 34.4 Å². The molecule has 1 unspecified atom stereocenters. The SMILES string of the molecule is Cn1c(COc2ccc(CC3(C)SC(=O)NC3=O)cc2)nc2ccc(Oc3ccc(-c4ccccc4)cc3)cc21. The Morgan fingerprint density at radius 3 is 2.23 bits per heavy atom. The van der Waals surface area contributed by atoms with Crippen molar-refractivity contribution in [3.05, 3.63) is 108 Å². The Hall–Kier alpha value is -4.56. The summed E-state index contributed by atoms with van der Waals surface area (Å²) in [5.74, 6) is 2.73. The first-order valence-corrected chi connectivity index (χ1v) is 13.7. The zero-order chi connectivity index (χ0) is 27.7. The van der Waals surface area contributed by atoms with Crippen LogP contribution in [-0.4, -0.2) is 25.4 Å². The standard InChI is InChI=1S/C32H27N3O4S/c1-32(30(36)34-31(37)40-32)19-21-8-12-24(13-9-21)38-20-29-33-27-17-16-26(18-28(27)35(29)2)39-25-14-10-23(11-15-25)22-6-4-3-5-7-22/h3-18H,19-20H2,1-2H3,(H,34,36,37). The Balaban J connectivity index is 1.10. The van der Waals surface area contributed by atoms with E-state index in [1.807, 2.05) is 84.4 Å². The van der Waals surface area contributed by atoms with Gasteiger partial charge in [-0.25, -0.2) is 4.98 Å². The minimum atomic E-state index is -0.791. The number of rotatable bonds is 8. The van der Waals surface area contributed by atoms with Gasteiger partial charge in [0.05, 0.1) is 11.0 Å². The quantitative estimate of drug-likeness (QED) is 0.227. The zero-order valence-electron chi connectivity index (χ0n) is 22.1. The second kappa shape index (κ2) is 10.5. The maximum atomic E-state index is 12.1. The summed E-state index contributed by atoms with van der Waals surface area (Å²) in [5.41, 5.74) is 5.07. The van der Waals surface area contributed by atoms with Gasteiger partial charge in [-0.1, -0.05) is 54.6 Å². The van der Waals surface area contributed by atoms with Crippen molar-refractivity contribution in [1.29, 1.82) is 0 Å². The molecule has 40 heavy (non-hydrogen) atoms. The lowest BCUT2D eigenvalue weighted by Gasteiger charge is -2.18. The summed E-state index contributed by atoms with van der Waals surface area (Å²) in [6.07, 6.45) is 0.460. The molecule has 1 fully saturated rings. The van der Waals surface area contributed by atoms with Crippen molar-refractivity contribution in [3.8, 4) is 28.4 Å². The van der Waals surface area contributed by atoms with Crippen LogP contribution in [0.3, 0.4) is 0 Å². The summed E-state index contributed by atoms with van der Waals surface area (Å²) in [6.45, 7) is 2.08. The number of ether oxygens (including phenoxy) is 2. The topological polar surface area (TPSA) is 82.5 Å². The molecule has 1 saturated heterocycles. The molecule has 0 radical (unpaired) electrons.